The van der Waals surface area contributed by atoms with Gasteiger partial charge in [-0.25, -0.2) is 0 Å². The zero-order valence-electron chi connectivity index (χ0n) is 14.6. The van der Waals surface area contributed by atoms with Gasteiger partial charge in [-0.1, -0.05) is 40.9 Å². The van der Waals surface area contributed by atoms with Gasteiger partial charge in [-0.05, 0) is 56.5 Å². The van der Waals surface area contributed by atoms with E-state index in [1.165, 1.54) is 25.7 Å². The Balaban J connectivity index is 1.95. The third kappa shape index (κ3) is 3.62. The highest BCUT2D eigenvalue weighted by Crippen LogP contribution is 2.34. The van der Waals surface area contributed by atoms with Crippen LogP contribution in [0.2, 0.25) is 0 Å². The lowest BCUT2D eigenvalue weighted by atomic mass is 10.0. The van der Waals surface area contributed by atoms with Crippen LogP contribution in [-0.2, 0) is 0 Å². The van der Waals surface area contributed by atoms with Gasteiger partial charge >= 0.3 is 0 Å². The molecule has 0 aliphatic heterocycles. The summed E-state index contributed by atoms with van der Waals surface area (Å²) >= 11 is 3.39. The predicted molar refractivity (Wildman–Crippen MR) is 103 cm³/mol. The lowest BCUT2D eigenvalue weighted by molar-refractivity contribution is 0.103. The molecule has 2 aromatic rings. The predicted octanol–water partition coefficient (Wildman–Crippen LogP) is 5.77. The Hall–Kier alpha value is -2.12. The zero-order chi connectivity index (χ0) is 18.0. The molecule has 25 heavy (non-hydrogen) atoms. The Bertz CT molecular complexity index is 863. The molecule has 0 saturated heterocycles. The molecule has 1 aromatic heterocycles. The van der Waals surface area contributed by atoms with Gasteiger partial charge in [0, 0.05) is 27.5 Å². The summed E-state index contributed by atoms with van der Waals surface area (Å²) in [5, 5.41) is 9.50. The van der Waals surface area contributed by atoms with Gasteiger partial charge in [-0.3, -0.25) is 4.79 Å². The fraction of sp³-hybridized carbons (Fsp3) is 0.333. The molecular weight excluding hydrogens is 376 g/mol. The summed E-state index contributed by atoms with van der Waals surface area (Å²) in [6, 6.07) is 12.1. The number of nitriles is 1. The number of carbonyl (C=O) groups is 1. The van der Waals surface area contributed by atoms with Crippen LogP contribution in [0.5, 0.6) is 0 Å². The number of aryl methyl sites for hydroxylation is 1. The van der Waals surface area contributed by atoms with Gasteiger partial charge in [-0.15, -0.1) is 0 Å². The standard InChI is InChI=1S/C21H21BrN2O/c1-14-11-20(15(2)24(14)19-5-3-4-6-19)21(25)17(13-23)12-16-7-9-18(22)10-8-16/h7-12,19H,3-6H2,1-2H3/b17-12-. The Kier molecular flexibility index (Phi) is 5.24. The first-order valence-electron chi connectivity index (χ1n) is 8.61. The van der Waals surface area contributed by atoms with Crippen LogP contribution in [0.25, 0.3) is 6.08 Å². The van der Waals surface area contributed by atoms with Crippen LogP contribution >= 0.6 is 15.9 Å². The summed E-state index contributed by atoms with van der Waals surface area (Å²) in [4.78, 5) is 12.9. The van der Waals surface area contributed by atoms with E-state index in [2.05, 4.69) is 26.6 Å². The minimum atomic E-state index is -0.192. The molecule has 1 fully saturated rings. The van der Waals surface area contributed by atoms with Gasteiger partial charge in [0.1, 0.15) is 11.6 Å². The van der Waals surface area contributed by atoms with Gasteiger partial charge in [-0.2, -0.15) is 5.26 Å². The number of hydrogen-bond donors (Lipinski definition) is 0. The first-order chi connectivity index (χ1) is 12.0. The van der Waals surface area contributed by atoms with Gasteiger partial charge in [0.25, 0.3) is 0 Å². The van der Waals surface area contributed by atoms with E-state index in [1.807, 2.05) is 44.2 Å². The highest BCUT2D eigenvalue weighted by atomic mass is 79.9. The maximum absolute atomic E-state index is 12.9. The number of ketones is 1. The topological polar surface area (TPSA) is 45.8 Å². The van der Waals surface area contributed by atoms with E-state index in [9.17, 15) is 10.1 Å². The lowest BCUT2D eigenvalue weighted by Crippen LogP contribution is -2.10. The number of hydrogen-bond acceptors (Lipinski definition) is 2. The molecule has 128 valence electrons. The molecule has 0 unspecified atom stereocenters. The monoisotopic (exact) mass is 396 g/mol. The Labute approximate surface area is 157 Å². The summed E-state index contributed by atoms with van der Waals surface area (Å²) in [5.74, 6) is -0.192. The van der Waals surface area contributed by atoms with Crippen molar-refractivity contribution in [3.05, 3.63) is 62.9 Å². The molecule has 1 aromatic carbocycles. The third-order valence-corrected chi connectivity index (χ3v) is 5.49. The van der Waals surface area contributed by atoms with Crippen molar-refractivity contribution in [1.29, 1.82) is 5.26 Å². The number of benzene rings is 1. The molecule has 0 spiro atoms. The van der Waals surface area contributed by atoms with Gasteiger partial charge in [0.15, 0.2) is 0 Å². The molecule has 3 nitrogen and oxygen atoms in total. The summed E-state index contributed by atoms with van der Waals surface area (Å²) in [7, 11) is 0. The van der Waals surface area contributed by atoms with Crippen LogP contribution in [0.3, 0.4) is 0 Å². The van der Waals surface area contributed by atoms with E-state index >= 15 is 0 Å². The van der Waals surface area contributed by atoms with Crippen LogP contribution in [-0.4, -0.2) is 10.4 Å². The molecule has 1 saturated carbocycles. The van der Waals surface area contributed by atoms with Crippen molar-refractivity contribution in [3.63, 3.8) is 0 Å². The van der Waals surface area contributed by atoms with Crippen molar-refractivity contribution in [1.82, 2.24) is 4.57 Å². The van der Waals surface area contributed by atoms with Crippen LogP contribution in [0.15, 0.2) is 40.4 Å². The normalized spacial score (nSPS) is 15.4. The second-order valence-corrected chi connectivity index (χ2v) is 7.56. The quantitative estimate of drug-likeness (QED) is 0.373. The van der Waals surface area contributed by atoms with Crippen molar-refractivity contribution in [3.8, 4) is 6.07 Å². The fourth-order valence-corrected chi connectivity index (χ4v) is 4.02. The van der Waals surface area contributed by atoms with Gasteiger partial charge < -0.3 is 4.57 Å². The number of aromatic nitrogens is 1. The maximum atomic E-state index is 12.9. The van der Waals surface area contributed by atoms with Gasteiger partial charge in [0.05, 0.1) is 0 Å². The van der Waals surface area contributed by atoms with E-state index in [-0.39, 0.29) is 11.4 Å². The van der Waals surface area contributed by atoms with Crippen LogP contribution in [0.1, 0.15) is 59.0 Å². The molecule has 3 rings (SSSR count). The summed E-state index contributed by atoms with van der Waals surface area (Å²) in [6.45, 7) is 4.04. The fourth-order valence-electron chi connectivity index (χ4n) is 3.75. The number of Topliss-reactive ketones (excluding diaryl/α,β-unsaturated/α-hetero) is 1. The summed E-state index contributed by atoms with van der Waals surface area (Å²) in [5.41, 5.74) is 3.75. The number of allylic oxidation sites excluding steroid dienone is 1. The minimum absolute atomic E-state index is 0.175. The average molecular weight is 397 g/mol. The number of rotatable bonds is 4. The maximum Gasteiger partial charge on any atom is 0.205 e. The second kappa shape index (κ2) is 7.41. The number of nitrogens with zero attached hydrogens (tertiary/aromatic N) is 2. The van der Waals surface area contributed by atoms with Crippen molar-refractivity contribution < 1.29 is 4.79 Å². The molecule has 0 amide bonds. The van der Waals surface area contributed by atoms with E-state index in [0.717, 1.165) is 21.4 Å². The van der Waals surface area contributed by atoms with Crippen LogP contribution < -0.4 is 0 Å². The molecule has 0 N–H and O–H groups in total. The van der Waals surface area contributed by atoms with E-state index in [0.29, 0.717) is 11.6 Å². The smallest absolute Gasteiger partial charge is 0.205 e. The van der Waals surface area contributed by atoms with E-state index in [1.54, 1.807) is 6.08 Å². The van der Waals surface area contributed by atoms with Crippen molar-refractivity contribution in [2.75, 3.05) is 0 Å². The Morgan fingerprint density at radius 2 is 1.88 bits per heavy atom. The first kappa shape index (κ1) is 17.7. The SMILES string of the molecule is Cc1cc(C(=O)/C(C#N)=C\c2ccc(Br)cc2)c(C)n1C1CCCC1. The van der Waals surface area contributed by atoms with Crippen LogP contribution in [0.4, 0.5) is 0 Å². The van der Waals surface area contributed by atoms with Gasteiger partial charge in [0.2, 0.25) is 5.78 Å². The second-order valence-electron chi connectivity index (χ2n) is 6.64. The number of halogens is 1. The molecule has 0 bridgehead atoms. The lowest BCUT2D eigenvalue weighted by Gasteiger charge is -2.17. The summed E-state index contributed by atoms with van der Waals surface area (Å²) in [6.07, 6.45) is 6.50. The largest absolute Gasteiger partial charge is 0.345 e. The molecule has 1 aliphatic carbocycles. The molecule has 4 heteroatoms. The minimum Gasteiger partial charge on any atom is -0.345 e. The zero-order valence-corrected chi connectivity index (χ0v) is 16.1. The van der Waals surface area contributed by atoms with Crippen molar-refractivity contribution in [2.45, 2.75) is 45.6 Å². The molecule has 1 heterocycles. The van der Waals surface area contributed by atoms with E-state index < -0.39 is 0 Å². The van der Waals surface area contributed by atoms with E-state index in [4.69, 9.17) is 0 Å². The van der Waals surface area contributed by atoms with Crippen molar-refractivity contribution >= 4 is 27.8 Å². The molecule has 1 aliphatic rings. The number of carbonyl (C=O) groups excluding carboxylic acids is 1. The molecular formula is C21H21BrN2O. The van der Waals surface area contributed by atoms with Crippen LogP contribution in [0, 0.1) is 25.2 Å². The third-order valence-electron chi connectivity index (χ3n) is 4.96. The highest BCUT2D eigenvalue weighted by molar-refractivity contribution is 9.10. The summed E-state index contributed by atoms with van der Waals surface area (Å²) < 4.78 is 3.25. The Morgan fingerprint density at radius 1 is 1.24 bits per heavy atom. The highest BCUT2D eigenvalue weighted by Gasteiger charge is 2.24. The Morgan fingerprint density at radius 3 is 2.48 bits per heavy atom. The molecule has 0 radical (unpaired) electrons. The van der Waals surface area contributed by atoms with Crippen molar-refractivity contribution in [2.24, 2.45) is 0 Å². The average Bonchev–Trinajstić information content (AvgIpc) is 3.21. The first-order valence-corrected chi connectivity index (χ1v) is 9.41. The molecule has 0 atom stereocenters.